The van der Waals surface area contributed by atoms with Gasteiger partial charge < -0.3 is 25.4 Å². The van der Waals surface area contributed by atoms with Crippen molar-refractivity contribution in [2.75, 3.05) is 24.6 Å². The number of amides is 2. The van der Waals surface area contributed by atoms with Gasteiger partial charge in [-0.1, -0.05) is 6.07 Å². The van der Waals surface area contributed by atoms with Gasteiger partial charge in [-0.3, -0.25) is 9.78 Å². The van der Waals surface area contributed by atoms with Crippen molar-refractivity contribution in [3.8, 4) is 5.75 Å². The number of benzene rings is 1. The average Bonchev–Trinajstić information content (AvgIpc) is 3.15. The van der Waals surface area contributed by atoms with Gasteiger partial charge in [0.05, 0.1) is 11.4 Å². The van der Waals surface area contributed by atoms with Crippen molar-refractivity contribution in [1.29, 1.82) is 0 Å². The van der Waals surface area contributed by atoms with Gasteiger partial charge in [-0.2, -0.15) is 0 Å². The molecule has 2 aromatic rings. The zero-order valence-electron chi connectivity index (χ0n) is 19.8. The Kier molecular flexibility index (Phi) is 6.28. The number of amidine groups is 1. The van der Waals surface area contributed by atoms with E-state index in [9.17, 15) is 9.59 Å². The molecule has 2 aliphatic rings. The number of aryl methyl sites for hydroxylation is 1. The normalized spacial score (nSPS) is 15.6. The second-order valence-electron chi connectivity index (χ2n) is 9.24. The number of rotatable bonds is 5. The predicted octanol–water partition coefficient (Wildman–Crippen LogP) is 3.27. The summed E-state index contributed by atoms with van der Waals surface area (Å²) in [4.78, 5) is 35.1. The molecule has 0 saturated heterocycles. The highest BCUT2D eigenvalue weighted by atomic mass is 16.6. The quantitative estimate of drug-likeness (QED) is 0.702. The molecule has 34 heavy (non-hydrogen) atoms. The number of pyridine rings is 1. The van der Waals surface area contributed by atoms with Crippen molar-refractivity contribution < 1.29 is 19.1 Å². The number of fused-ring (bicyclic) bond motifs is 1. The van der Waals surface area contributed by atoms with Gasteiger partial charge in [0.2, 0.25) is 0 Å². The molecule has 0 bridgehead atoms. The summed E-state index contributed by atoms with van der Waals surface area (Å²) in [6, 6.07) is 9.59. The second kappa shape index (κ2) is 9.17. The Hall–Kier alpha value is -3.88. The van der Waals surface area contributed by atoms with Gasteiger partial charge in [0.15, 0.2) is 6.61 Å². The summed E-state index contributed by atoms with van der Waals surface area (Å²) in [5.74, 6) is 0.953. The number of ether oxygens (including phenoxy) is 2. The number of aromatic nitrogens is 1. The van der Waals surface area contributed by atoms with E-state index in [1.54, 1.807) is 31.9 Å². The topological polar surface area (TPSA) is 119 Å². The third-order valence-electron chi connectivity index (χ3n) is 5.32. The Balaban J connectivity index is 1.60. The molecule has 0 radical (unpaired) electrons. The summed E-state index contributed by atoms with van der Waals surface area (Å²) in [6.07, 6.45) is 1.73. The van der Waals surface area contributed by atoms with Crippen LogP contribution in [0, 0.1) is 6.92 Å². The van der Waals surface area contributed by atoms with Crippen LogP contribution in [0.1, 0.15) is 44.0 Å². The van der Waals surface area contributed by atoms with Crippen LogP contribution in [0.5, 0.6) is 5.75 Å². The largest absolute Gasteiger partial charge is 0.482 e. The summed E-state index contributed by atoms with van der Waals surface area (Å²) in [7, 11) is 0. The number of hydrogen-bond donors (Lipinski definition) is 2. The molecule has 0 spiro atoms. The molecule has 0 fully saturated rings. The Morgan fingerprint density at radius 3 is 2.76 bits per heavy atom. The number of hydrogen-bond acceptors (Lipinski definition) is 7. The number of nitrogens with two attached hydrogens (primary N) is 1. The monoisotopic (exact) mass is 463 g/mol. The smallest absolute Gasteiger partial charge is 0.407 e. The average molecular weight is 464 g/mol. The first-order valence-electron chi connectivity index (χ1n) is 11.1. The van der Waals surface area contributed by atoms with Crippen molar-refractivity contribution in [2.24, 2.45) is 10.7 Å². The van der Waals surface area contributed by atoms with E-state index in [2.05, 4.69) is 15.3 Å². The van der Waals surface area contributed by atoms with Crippen LogP contribution in [-0.4, -0.2) is 48.1 Å². The molecule has 0 unspecified atom stereocenters. The van der Waals surface area contributed by atoms with Crippen LogP contribution in [0.3, 0.4) is 0 Å². The highest BCUT2D eigenvalue weighted by molar-refractivity contribution is 6.09. The number of nitrogens with one attached hydrogen (secondary N) is 1. The molecule has 3 N–H and O–H groups in total. The van der Waals surface area contributed by atoms with E-state index in [4.69, 9.17) is 15.2 Å². The first-order chi connectivity index (χ1) is 16.1. The summed E-state index contributed by atoms with van der Waals surface area (Å²) in [6.45, 7) is 7.79. The van der Waals surface area contributed by atoms with E-state index in [-0.39, 0.29) is 25.6 Å². The van der Waals surface area contributed by atoms with Crippen LogP contribution >= 0.6 is 0 Å². The molecular formula is C25H29N5O4. The minimum Gasteiger partial charge on any atom is -0.482 e. The fourth-order valence-electron chi connectivity index (χ4n) is 3.90. The molecule has 0 atom stereocenters. The maximum Gasteiger partial charge on any atom is 0.407 e. The summed E-state index contributed by atoms with van der Waals surface area (Å²) < 4.78 is 10.9. The lowest BCUT2D eigenvalue weighted by Gasteiger charge is -2.30. The van der Waals surface area contributed by atoms with E-state index in [1.807, 2.05) is 37.3 Å². The molecular weight excluding hydrogens is 434 g/mol. The van der Waals surface area contributed by atoms with Crippen molar-refractivity contribution in [1.82, 2.24) is 10.3 Å². The minimum absolute atomic E-state index is 0.0565. The summed E-state index contributed by atoms with van der Waals surface area (Å²) in [5, 5.41) is 2.70. The Morgan fingerprint density at radius 1 is 1.24 bits per heavy atom. The van der Waals surface area contributed by atoms with Gasteiger partial charge in [-0.15, -0.1) is 0 Å². The molecule has 178 valence electrons. The Bertz CT molecular complexity index is 1200. The molecule has 9 nitrogen and oxygen atoms in total. The van der Waals surface area contributed by atoms with Crippen LogP contribution in [0.15, 0.2) is 41.5 Å². The van der Waals surface area contributed by atoms with Crippen LogP contribution in [0.4, 0.5) is 10.5 Å². The van der Waals surface area contributed by atoms with Gasteiger partial charge in [0, 0.05) is 37.0 Å². The van der Waals surface area contributed by atoms with Gasteiger partial charge in [-0.05, 0) is 63.1 Å². The fourth-order valence-corrected chi connectivity index (χ4v) is 3.90. The lowest BCUT2D eigenvalue weighted by Crippen LogP contribution is -2.44. The van der Waals surface area contributed by atoms with Crippen molar-refractivity contribution in [3.05, 3.63) is 53.3 Å². The SMILES string of the molecule is Cc1cc(C2=C(c3ccc4c(c3)N(CCNC(=O)OC(C)(C)C)C(=O)CO4)CC(N)=N2)ccn1. The summed E-state index contributed by atoms with van der Waals surface area (Å²) in [5.41, 5.74) is 10.6. The molecule has 0 saturated carbocycles. The molecule has 3 heterocycles. The van der Waals surface area contributed by atoms with Gasteiger partial charge in [0.1, 0.15) is 17.2 Å². The summed E-state index contributed by atoms with van der Waals surface area (Å²) >= 11 is 0. The van der Waals surface area contributed by atoms with Crippen LogP contribution in [-0.2, 0) is 9.53 Å². The third-order valence-corrected chi connectivity index (χ3v) is 5.32. The van der Waals surface area contributed by atoms with Crippen molar-refractivity contribution in [3.63, 3.8) is 0 Å². The van der Waals surface area contributed by atoms with E-state index < -0.39 is 11.7 Å². The Morgan fingerprint density at radius 2 is 2.03 bits per heavy atom. The molecule has 1 aromatic carbocycles. The van der Waals surface area contributed by atoms with E-state index in [0.29, 0.717) is 23.7 Å². The molecule has 2 amide bonds. The fraction of sp³-hybridized carbons (Fsp3) is 0.360. The number of carbonyl (C=O) groups excluding carboxylic acids is 2. The number of anilines is 1. The zero-order chi connectivity index (χ0) is 24.5. The van der Waals surface area contributed by atoms with Crippen molar-refractivity contribution >= 4 is 34.8 Å². The molecule has 0 aliphatic carbocycles. The first-order valence-corrected chi connectivity index (χ1v) is 11.1. The standard InChI is InChI=1S/C25H29N5O4/c1-15-11-17(7-8-27-15)23-18(13-21(26)29-23)16-5-6-20-19(12-16)30(22(31)14-33-20)10-9-28-24(32)34-25(2,3)4/h5-8,11-12H,9-10,13-14H2,1-4H3,(H2,26,29)(H,28,32). The Labute approximate surface area is 198 Å². The lowest BCUT2D eigenvalue weighted by molar-refractivity contribution is -0.121. The van der Waals surface area contributed by atoms with Crippen LogP contribution in [0.25, 0.3) is 11.3 Å². The number of aliphatic imine (C=N–C) groups is 1. The van der Waals surface area contributed by atoms with E-state index in [1.165, 1.54) is 0 Å². The third kappa shape index (κ3) is 5.19. The maximum absolute atomic E-state index is 12.7. The minimum atomic E-state index is -0.593. The zero-order valence-corrected chi connectivity index (χ0v) is 19.8. The van der Waals surface area contributed by atoms with E-state index in [0.717, 1.165) is 28.1 Å². The number of carbonyl (C=O) groups is 2. The number of alkyl carbamates (subject to hydrolysis) is 1. The predicted molar refractivity (Wildman–Crippen MR) is 131 cm³/mol. The highest BCUT2D eigenvalue weighted by Crippen LogP contribution is 2.39. The van der Waals surface area contributed by atoms with Gasteiger partial charge in [-0.25, -0.2) is 9.79 Å². The molecule has 2 aliphatic heterocycles. The lowest BCUT2D eigenvalue weighted by atomic mass is 9.97. The van der Waals surface area contributed by atoms with Gasteiger partial charge >= 0.3 is 6.09 Å². The maximum atomic E-state index is 12.7. The first kappa shape index (κ1) is 23.3. The molecule has 9 heteroatoms. The second-order valence-corrected chi connectivity index (χ2v) is 9.24. The van der Waals surface area contributed by atoms with Gasteiger partial charge in [0.25, 0.3) is 5.91 Å². The molecule has 1 aromatic heterocycles. The number of nitrogens with zero attached hydrogens (tertiary/aromatic N) is 3. The van der Waals surface area contributed by atoms with E-state index >= 15 is 0 Å². The highest BCUT2D eigenvalue weighted by Gasteiger charge is 2.28. The molecule has 4 rings (SSSR count). The van der Waals surface area contributed by atoms with Crippen LogP contribution in [0.2, 0.25) is 0 Å². The van der Waals surface area contributed by atoms with Crippen LogP contribution < -0.4 is 20.7 Å². The van der Waals surface area contributed by atoms with Crippen molar-refractivity contribution in [2.45, 2.75) is 39.7 Å².